The number of unbranched alkanes of at least 4 members (excludes halogenated alkanes) is 2. The maximum atomic E-state index is 6.00. The van der Waals surface area contributed by atoms with Crippen LogP contribution < -0.4 is 4.74 Å². The molecule has 0 saturated carbocycles. The van der Waals surface area contributed by atoms with Gasteiger partial charge in [0, 0.05) is 23.7 Å². The number of ether oxygens (including phenoxy) is 2. The van der Waals surface area contributed by atoms with Crippen LogP contribution in [0.4, 0.5) is 0 Å². The van der Waals surface area contributed by atoms with Gasteiger partial charge in [-0.2, -0.15) is 0 Å². The second-order valence-corrected chi connectivity index (χ2v) is 7.45. The third-order valence-electron chi connectivity index (χ3n) is 4.75. The lowest BCUT2D eigenvalue weighted by atomic mass is 9.91. The molecule has 0 unspecified atom stereocenters. The molecule has 0 aliphatic carbocycles. The van der Waals surface area contributed by atoms with E-state index in [0.29, 0.717) is 28.7 Å². The van der Waals surface area contributed by atoms with Crippen molar-refractivity contribution in [3.63, 3.8) is 0 Å². The number of rotatable bonds is 9. The van der Waals surface area contributed by atoms with Crippen molar-refractivity contribution in [2.75, 3.05) is 33.4 Å². The summed E-state index contributed by atoms with van der Waals surface area (Å²) >= 11 is 12.0. The lowest BCUT2D eigenvalue weighted by Gasteiger charge is -2.37. The molecule has 1 aromatic carbocycles. The minimum absolute atomic E-state index is 0.298. The fraction of sp³-hybridized carbons (Fsp3) is 0.684. The molecule has 1 heterocycles. The minimum Gasteiger partial charge on any atom is -0.493 e. The Labute approximate surface area is 156 Å². The van der Waals surface area contributed by atoms with E-state index in [2.05, 4.69) is 11.8 Å². The van der Waals surface area contributed by atoms with Crippen molar-refractivity contribution in [3.05, 3.63) is 28.2 Å². The fourth-order valence-corrected chi connectivity index (χ4v) is 3.86. The number of nitrogens with zero attached hydrogens (tertiary/aromatic N) is 1. The van der Waals surface area contributed by atoms with E-state index in [1.54, 1.807) is 18.2 Å². The molecular weight excluding hydrogens is 345 g/mol. The third-order valence-corrected chi connectivity index (χ3v) is 5.19. The zero-order chi connectivity index (χ0) is 17.4. The number of likely N-dealkylation sites (tertiary alicyclic amines) is 1. The lowest BCUT2D eigenvalue weighted by molar-refractivity contribution is -0.0180. The van der Waals surface area contributed by atoms with Gasteiger partial charge >= 0.3 is 0 Å². The van der Waals surface area contributed by atoms with Gasteiger partial charge in [0.25, 0.3) is 0 Å². The Morgan fingerprint density at radius 2 is 1.92 bits per heavy atom. The summed E-state index contributed by atoms with van der Waals surface area (Å²) in [5.74, 6) is 1.28. The van der Waals surface area contributed by atoms with Gasteiger partial charge in [0.1, 0.15) is 5.75 Å². The molecule has 0 aromatic heterocycles. The molecule has 0 bridgehead atoms. The van der Waals surface area contributed by atoms with Crippen LogP contribution in [0.15, 0.2) is 18.2 Å². The van der Waals surface area contributed by atoms with E-state index < -0.39 is 0 Å². The molecule has 1 saturated heterocycles. The Morgan fingerprint density at radius 1 is 1.17 bits per heavy atom. The molecule has 1 aromatic rings. The summed E-state index contributed by atoms with van der Waals surface area (Å²) in [4.78, 5) is 2.54. The van der Waals surface area contributed by atoms with E-state index in [-0.39, 0.29) is 0 Å². The molecule has 24 heavy (non-hydrogen) atoms. The first kappa shape index (κ1) is 19.8. The van der Waals surface area contributed by atoms with Gasteiger partial charge in [-0.3, -0.25) is 0 Å². The third kappa shape index (κ3) is 6.44. The molecule has 2 rings (SSSR count). The highest BCUT2D eigenvalue weighted by molar-refractivity contribution is 6.34. The van der Waals surface area contributed by atoms with Crippen molar-refractivity contribution >= 4 is 23.2 Å². The summed E-state index contributed by atoms with van der Waals surface area (Å²) in [6, 6.07) is 5.32. The van der Waals surface area contributed by atoms with Crippen LogP contribution in [0, 0.1) is 5.92 Å². The van der Waals surface area contributed by atoms with Gasteiger partial charge in [-0.1, -0.05) is 43.0 Å². The monoisotopic (exact) mass is 373 g/mol. The second kappa shape index (κ2) is 10.5. The highest BCUT2D eigenvalue weighted by Gasteiger charge is 2.28. The molecule has 5 heteroatoms. The average Bonchev–Trinajstić information content (AvgIpc) is 2.55. The van der Waals surface area contributed by atoms with Gasteiger partial charge in [0.2, 0.25) is 0 Å². The normalized spacial score (nSPS) is 21.8. The Bertz CT molecular complexity index is 478. The Hall–Kier alpha value is -0.480. The topological polar surface area (TPSA) is 21.7 Å². The van der Waals surface area contributed by atoms with Crippen LogP contribution in [0.5, 0.6) is 5.75 Å². The molecule has 0 N–H and O–H groups in total. The van der Waals surface area contributed by atoms with Crippen molar-refractivity contribution in [2.45, 2.75) is 45.1 Å². The van der Waals surface area contributed by atoms with Crippen LogP contribution in [0.25, 0.3) is 0 Å². The van der Waals surface area contributed by atoms with Crippen LogP contribution in [0.2, 0.25) is 10.0 Å². The first-order valence-electron chi connectivity index (χ1n) is 8.96. The van der Waals surface area contributed by atoms with Crippen molar-refractivity contribution in [3.8, 4) is 5.75 Å². The van der Waals surface area contributed by atoms with Crippen LogP contribution in [0.1, 0.15) is 39.0 Å². The van der Waals surface area contributed by atoms with Gasteiger partial charge in [0.05, 0.1) is 12.7 Å². The number of methoxy groups -OCH3 is 1. The van der Waals surface area contributed by atoms with Crippen molar-refractivity contribution in [2.24, 2.45) is 5.92 Å². The Balaban J connectivity index is 1.75. The van der Waals surface area contributed by atoms with Crippen molar-refractivity contribution in [1.29, 1.82) is 0 Å². The van der Waals surface area contributed by atoms with E-state index in [4.69, 9.17) is 32.7 Å². The predicted octanol–water partition coefficient (Wildman–Crippen LogP) is 5.29. The molecule has 2 atom stereocenters. The summed E-state index contributed by atoms with van der Waals surface area (Å²) in [5, 5.41) is 1.21. The molecule has 3 nitrogen and oxygen atoms in total. The van der Waals surface area contributed by atoms with Gasteiger partial charge in [-0.15, -0.1) is 0 Å². The highest BCUT2D eigenvalue weighted by atomic mass is 35.5. The lowest BCUT2D eigenvalue weighted by Crippen LogP contribution is -2.45. The van der Waals surface area contributed by atoms with Gasteiger partial charge < -0.3 is 14.4 Å². The summed E-state index contributed by atoms with van der Waals surface area (Å²) < 4.78 is 11.6. The minimum atomic E-state index is 0.298. The zero-order valence-electron chi connectivity index (χ0n) is 14.8. The van der Waals surface area contributed by atoms with Gasteiger partial charge in [-0.05, 0) is 56.5 Å². The number of piperidine rings is 1. The van der Waals surface area contributed by atoms with Crippen LogP contribution >= 0.6 is 23.2 Å². The molecule has 0 spiro atoms. The van der Waals surface area contributed by atoms with Crippen LogP contribution in [-0.4, -0.2) is 44.4 Å². The van der Waals surface area contributed by atoms with E-state index in [1.165, 1.54) is 32.2 Å². The van der Waals surface area contributed by atoms with Crippen LogP contribution in [0.3, 0.4) is 0 Å². The molecule has 1 aliphatic heterocycles. The maximum Gasteiger partial charge on any atom is 0.122 e. The smallest absolute Gasteiger partial charge is 0.122 e. The molecule has 1 fully saturated rings. The molecular formula is C19H29Cl2NO2. The van der Waals surface area contributed by atoms with Gasteiger partial charge in [0.15, 0.2) is 0 Å². The first-order chi connectivity index (χ1) is 11.6. The largest absolute Gasteiger partial charge is 0.493 e. The molecule has 0 amide bonds. The van der Waals surface area contributed by atoms with E-state index in [0.717, 1.165) is 25.3 Å². The highest BCUT2D eigenvalue weighted by Crippen LogP contribution is 2.26. The Morgan fingerprint density at radius 3 is 2.58 bits per heavy atom. The number of hydrogen-bond donors (Lipinski definition) is 0. The second-order valence-electron chi connectivity index (χ2n) is 6.57. The predicted molar refractivity (Wildman–Crippen MR) is 101 cm³/mol. The van der Waals surface area contributed by atoms with Gasteiger partial charge in [-0.25, -0.2) is 0 Å². The van der Waals surface area contributed by atoms with E-state index in [1.807, 2.05) is 7.11 Å². The maximum absolute atomic E-state index is 6.00. The van der Waals surface area contributed by atoms with Crippen molar-refractivity contribution < 1.29 is 9.47 Å². The Kier molecular flexibility index (Phi) is 8.68. The summed E-state index contributed by atoms with van der Waals surface area (Å²) in [6.45, 7) is 6.30. The number of benzene rings is 1. The standard InChI is InChI=1S/C19H29Cl2NO2/c1-3-4-5-8-22-9-6-15(19(14-22)23-2)7-10-24-18-12-16(20)11-17(21)13-18/h11-13,15,19H,3-10,14H2,1-2H3/t15-,19+/m1/s1. The summed E-state index contributed by atoms with van der Waals surface area (Å²) in [5.41, 5.74) is 0. The zero-order valence-corrected chi connectivity index (χ0v) is 16.3. The number of hydrogen-bond acceptors (Lipinski definition) is 3. The average molecular weight is 374 g/mol. The molecule has 1 aliphatic rings. The molecule has 136 valence electrons. The van der Waals surface area contributed by atoms with E-state index >= 15 is 0 Å². The SMILES string of the molecule is CCCCCN1CC[C@H](CCOc2cc(Cl)cc(Cl)c2)[C@@H](OC)C1. The first-order valence-corrected chi connectivity index (χ1v) is 9.72. The fourth-order valence-electron chi connectivity index (χ4n) is 3.35. The summed E-state index contributed by atoms with van der Waals surface area (Å²) in [6.07, 6.45) is 6.33. The summed E-state index contributed by atoms with van der Waals surface area (Å²) in [7, 11) is 1.82. The van der Waals surface area contributed by atoms with Crippen molar-refractivity contribution in [1.82, 2.24) is 4.90 Å². The van der Waals surface area contributed by atoms with Crippen LogP contribution in [-0.2, 0) is 4.74 Å². The quantitative estimate of drug-likeness (QED) is 0.548. The number of halogens is 2. The molecule has 0 radical (unpaired) electrons. The van der Waals surface area contributed by atoms with E-state index in [9.17, 15) is 0 Å².